The maximum atomic E-state index is 9.90. The summed E-state index contributed by atoms with van der Waals surface area (Å²) in [5, 5.41) is 38.8. The zero-order valence-electron chi connectivity index (χ0n) is 16.7. The molecular weight excluding hydrogens is 368 g/mol. The van der Waals surface area contributed by atoms with Gasteiger partial charge >= 0.3 is 0 Å². The second kappa shape index (κ2) is 8.25. The van der Waals surface area contributed by atoms with Crippen molar-refractivity contribution in [1.29, 1.82) is 21.0 Å². The van der Waals surface area contributed by atoms with Crippen LogP contribution in [0.3, 0.4) is 0 Å². The third-order valence-electron chi connectivity index (χ3n) is 6.38. The van der Waals surface area contributed by atoms with Gasteiger partial charge in [0.15, 0.2) is 0 Å². The minimum atomic E-state index is -0.382. The molecule has 0 fully saturated rings. The van der Waals surface area contributed by atoms with Crippen LogP contribution in [-0.4, -0.2) is 0 Å². The van der Waals surface area contributed by atoms with Gasteiger partial charge in [0.2, 0.25) is 0 Å². The normalized spacial score (nSPS) is 23.2. The third-order valence-corrected chi connectivity index (χ3v) is 6.38. The molecule has 0 aromatic heterocycles. The minimum absolute atomic E-state index is 0.265. The molecule has 1 aromatic rings. The molecule has 0 spiro atoms. The number of rotatable bonds is 1. The van der Waals surface area contributed by atoms with E-state index in [1.165, 1.54) is 17.2 Å². The number of hydrogen-bond acceptors (Lipinski definition) is 4. The largest absolute Gasteiger partial charge is 0.193 e. The number of allylic oxidation sites excluding steroid dienone is 8. The SMILES string of the molecule is N#C/C=C(\C#N)C1=C2CCCc3ccc(cc3)CCCC3=CC2C(C#N)=C(C#N)C31. The fourth-order valence-electron chi connectivity index (χ4n) is 5.05. The summed E-state index contributed by atoms with van der Waals surface area (Å²) in [4.78, 5) is 0. The molecular formula is C26H20N4. The summed E-state index contributed by atoms with van der Waals surface area (Å²) in [7, 11) is 0. The second-order valence-electron chi connectivity index (χ2n) is 7.96. The van der Waals surface area contributed by atoms with Crippen LogP contribution in [0.5, 0.6) is 0 Å². The summed E-state index contributed by atoms with van der Waals surface area (Å²) in [5.41, 5.74) is 6.78. The Balaban J connectivity index is 1.86. The Kier molecular flexibility index (Phi) is 5.35. The summed E-state index contributed by atoms with van der Waals surface area (Å²) < 4.78 is 0. The van der Waals surface area contributed by atoms with Crippen molar-refractivity contribution in [1.82, 2.24) is 0 Å². The Bertz CT molecular complexity index is 1180. The van der Waals surface area contributed by atoms with Gasteiger partial charge in [-0.05, 0) is 55.2 Å². The first kappa shape index (κ1) is 19.5. The van der Waals surface area contributed by atoms with Gasteiger partial charge in [0.25, 0.3) is 0 Å². The van der Waals surface area contributed by atoms with E-state index in [2.05, 4.69) is 48.5 Å². The second-order valence-corrected chi connectivity index (χ2v) is 7.96. The molecule has 30 heavy (non-hydrogen) atoms. The quantitative estimate of drug-likeness (QED) is 0.491. The predicted octanol–water partition coefficient (Wildman–Crippen LogP) is 5.15. The molecule has 0 N–H and O–H groups in total. The van der Waals surface area contributed by atoms with Crippen LogP contribution in [0.2, 0.25) is 0 Å². The number of nitrogens with zero attached hydrogens (tertiary/aromatic N) is 4. The van der Waals surface area contributed by atoms with Gasteiger partial charge in [0.05, 0.1) is 34.9 Å². The number of aryl methyl sites for hydroxylation is 2. The first-order chi connectivity index (χ1) is 14.7. The van der Waals surface area contributed by atoms with Crippen LogP contribution in [-0.2, 0) is 12.8 Å². The standard InChI is InChI=1S/C26H20N4/c27-12-11-20(14-28)26-21-6-2-4-18-9-7-17(8-10-18)3-1-5-19-13-22(21)23(15-29)24(16-30)25(19)26/h7-11,13,22,25H,1-6H2/b20-11+. The molecule has 6 bridgehead atoms. The lowest BCUT2D eigenvalue weighted by atomic mass is 9.61. The third kappa shape index (κ3) is 3.24. The molecule has 7 aliphatic rings. The van der Waals surface area contributed by atoms with E-state index in [1.54, 1.807) is 0 Å². The van der Waals surface area contributed by atoms with Crippen molar-refractivity contribution in [3.8, 4) is 24.3 Å². The predicted molar refractivity (Wildman–Crippen MR) is 112 cm³/mol. The molecule has 4 nitrogen and oxygen atoms in total. The van der Waals surface area contributed by atoms with Crippen molar-refractivity contribution in [3.63, 3.8) is 0 Å². The molecule has 2 atom stereocenters. The highest BCUT2D eigenvalue weighted by Crippen LogP contribution is 2.52. The molecule has 4 heteroatoms. The highest BCUT2D eigenvalue weighted by Gasteiger charge is 2.42. The fourth-order valence-corrected chi connectivity index (χ4v) is 5.05. The average Bonchev–Trinajstić information content (AvgIpc) is 2.78. The lowest BCUT2D eigenvalue weighted by Crippen LogP contribution is -2.30. The average molecular weight is 388 g/mol. The highest BCUT2D eigenvalue weighted by molar-refractivity contribution is 5.67. The summed E-state index contributed by atoms with van der Waals surface area (Å²) in [6, 6.07) is 17.5. The van der Waals surface area contributed by atoms with E-state index in [1.807, 2.05) is 6.07 Å². The van der Waals surface area contributed by atoms with Gasteiger partial charge < -0.3 is 0 Å². The Hall–Kier alpha value is -3.86. The molecule has 8 rings (SSSR count). The van der Waals surface area contributed by atoms with Crippen molar-refractivity contribution in [3.05, 3.63) is 81.0 Å². The van der Waals surface area contributed by atoms with Crippen LogP contribution in [0.4, 0.5) is 0 Å². The van der Waals surface area contributed by atoms with E-state index in [9.17, 15) is 21.0 Å². The summed E-state index contributed by atoms with van der Waals surface area (Å²) >= 11 is 0. The maximum Gasteiger partial charge on any atom is 0.100 e. The van der Waals surface area contributed by atoms with E-state index in [4.69, 9.17) is 0 Å². The summed E-state index contributed by atoms with van der Waals surface area (Å²) in [6.45, 7) is 0. The van der Waals surface area contributed by atoms with Gasteiger partial charge in [-0.3, -0.25) is 0 Å². The van der Waals surface area contributed by atoms with Crippen LogP contribution >= 0.6 is 0 Å². The smallest absolute Gasteiger partial charge is 0.100 e. The van der Waals surface area contributed by atoms with Crippen LogP contribution in [0.15, 0.2) is 69.9 Å². The van der Waals surface area contributed by atoms with Crippen molar-refractivity contribution >= 4 is 0 Å². The Morgan fingerprint density at radius 1 is 0.833 bits per heavy atom. The van der Waals surface area contributed by atoms with Crippen molar-refractivity contribution < 1.29 is 0 Å². The topological polar surface area (TPSA) is 95.2 Å². The lowest BCUT2D eigenvalue weighted by molar-refractivity contribution is 0.613. The fraction of sp³-hybridized carbons (Fsp3) is 0.308. The molecule has 144 valence electrons. The van der Waals surface area contributed by atoms with Crippen molar-refractivity contribution in [2.24, 2.45) is 11.8 Å². The molecule has 0 saturated heterocycles. The first-order valence-corrected chi connectivity index (χ1v) is 10.3. The lowest BCUT2D eigenvalue weighted by Gasteiger charge is -2.39. The van der Waals surface area contributed by atoms with Gasteiger partial charge in [0.1, 0.15) is 6.07 Å². The summed E-state index contributed by atoms with van der Waals surface area (Å²) in [5.74, 6) is -0.647. The van der Waals surface area contributed by atoms with Crippen LogP contribution in [0.25, 0.3) is 0 Å². The summed E-state index contributed by atoms with van der Waals surface area (Å²) in [6.07, 6.45) is 8.64. The van der Waals surface area contributed by atoms with Crippen LogP contribution in [0.1, 0.15) is 36.8 Å². The van der Waals surface area contributed by atoms with Gasteiger partial charge in [-0.1, -0.05) is 41.5 Å². The van der Waals surface area contributed by atoms with Crippen molar-refractivity contribution in [2.75, 3.05) is 0 Å². The first-order valence-electron chi connectivity index (χ1n) is 10.3. The van der Waals surface area contributed by atoms with Crippen molar-refractivity contribution in [2.45, 2.75) is 38.5 Å². The highest BCUT2D eigenvalue weighted by atomic mass is 14.5. The van der Waals surface area contributed by atoms with Gasteiger partial charge in [0, 0.05) is 17.9 Å². The van der Waals surface area contributed by atoms with Gasteiger partial charge in [-0.25, -0.2) is 0 Å². The van der Waals surface area contributed by atoms with Crippen LogP contribution < -0.4 is 0 Å². The molecule has 0 heterocycles. The molecule has 1 aromatic carbocycles. The van der Waals surface area contributed by atoms with E-state index in [-0.39, 0.29) is 11.8 Å². The zero-order chi connectivity index (χ0) is 21.1. The number of nitriles is 4. The molecule has 2 unspecified atom stereocenters. The van der Waals surface area contributed by atoms with E-state index < -0.39 is 0 Å². The van der Waals surface area contributed by atoms with E-state index in [0.29, 0.717) is 16.7 Å². The Morgan fingerprint density at radius 2 is 1.47 bits per heavy atom. The maximum absolute atomic E-state index is 9.90. The Morgan fingerprint density at radius 3 is 2.03 bits per heavy atom. The zero-order valence-corrected chi connectivity index (χ0v) is 16.7. The molecule has 0 amide bonds. The minimum Gasteiger partial charge on any atom is -0.193 e. The van der Waals surface area contributed by atoms with Gasteiger partial charge in [-0.15, -0.1) is 0 Å². The molecule has 0 saturated carbocycles. The molecule has 7 aliphatic carbocycles. The molecule has 0 aliphatic heterocycles. The van der Waals surface area contributed by atoms with E-state index >= 15 is 0 Å². The van der Waals surface area contributed by atoms with Crippen LogP contribution in [0, 0.1) is 57.2 Å². The molecule has 0 radical (unpaired) electrons. The number of benzene rings is 1. The number of hydrogen-bond donors (Lipinski definition) is 0. The van der Waals surface area contributed by atoms with E-state index in [0.717, 1.165) is 55.2 Å². The van der Waals surface area contributed by atoms with Gasteiger partial charge in [-0.2, -0.15) is 21.0 Å². The Labute approximate surface area is 177 Å². The monoisotopic (exact) mass is 388 g/mol.